The van der Waals surface area contributed by atoms with Crippen LogP contribution in [0, 0.1) is 13.8 Å². The number of hydrogen-bond donors (Lipinski definition) is 0. The predicted octanol–water partition coefficient (Wildman–Crippen LogP) is 1.99. The molecular formula is C17H27N3O. The van der Waals surface area contributed by atoms with Crippen LogP contribution in [0.4, 0.5) is 0 Å². The number of likely N-dealkylation sites (tertiary alicyclic amines) is 1. The summed E-state index contributed by atoms with van der Waals surface area (Å²) in [6.07, 6.45) is 3.82. The molecule has 4 nitrogen and oxygen atoms in total. The van der Waals surface area contributed by atoms with E-state index in [0.717, 1.165) is 36.1 Å². The maximum absolute atomic E-state index is 12.6. The summed E-state index contributed by atoms with van der Waals surface area (Å²) in [4.78, 5) is 17.5. The highest BCUT2D eigenvalue weighted by atomic mass is 16.1. The van der Waals surface area contributed by atoms with Gasteiger partial charge in [0.25, 0.3) is 0 Å². The molecule has 2 atom stereocenters. The zero-order chi connectivity index (χ0) is 15.1. The van der Waals surface area contributed by atoms with Crippen molar-refractivity contribution in [3.05, 3.63) is 23.0 Å². The molecule has 2 aliphatic heterocycles. The summed E-state index contributed by atoms with van der Waals surface area (Å²) in [5, 5.41) is 0. The molecule has 116 valence electrons. The third-order valence-electron chi connectivity index (χ3n) is 5.68. The molecule has 0 N–H and O–H groups in total. The summed E-state index contributed by atoms with van der Waals surface area (Å²) in [6, 6.07) is 3.41. The van der Waals surface area contributed by atoms with Gasteiger partial charge in [-0.05, 0) is 46.2 Å². The topological polar surface area (TPSA) is 28.5 Å². The zero-order valence-corrected chi connectivity index (χ0v) is 13.7. The Hall–Kier alpha value is -1.13. The minimum absolute atomic E-state index is 0.275. The lowest BCUT2D eigenvalue weighted by Gasteiger charge is -2.25. The highest BCUT2D eigenvalue weighted by Crippen LogP contribution is 2.28. The Bertz CT molecular complexity index is 548. The maximum atomic E-state index is 12.6. The Morgan fingerprint density at radius 3 is 2.57 bits per heavy atom. The summed E-state index contributed by atoms with van der Waals surface area (Å²) in [6.45, 7) is 6.77. The average molecular weight is 289 g/mol. The van der Waals surface area contributed by atoms with E-state index in [-0.39, 0.29) is 5.78 Å². The summed E-state index contributed by atoms with van der Waals surface area (Å²) in [7, 11) is 4.28. The highest BCUT2D eigenvalue weighted by Gasteiger charge is 2.35. The van der Waals surface area contributed by atoms with Crippen LogP contribution in [0.1, 0.15) is 41.0 Å². The number of fused-ring (bicyclic) bond motifs is 2. The first-order valence-corrected chi connectivity index (χ1v) is 8.07. The average Bonchev–Trinajstić information content (AvgIpc) is 2.84. The molecule has 2 fully saturated rings. The number of likely N-dealkylation sites (N-methyl/N-ethyl adjacent to an activating group) is 1. The molecule has 1 aromatic rings. The number of rotatable bonds is 3. The van der Waals surface area contributed by atoms with Crippen molar-refractivity contribution in [2.24, 2.45) is 7.05 Å². The molecule has 3 rings (SSSR count). The first-order valence-electron chi connectivity index (χ1n) is 8.07. The number of aromatic nitrogens is 1. The first kappa shape index (κ1) is 14.8. The summed E-state index contributed by atoms with van der Waals surface area (Å²) in [5.41, 5.74) is 3.15. The lowest BCUT2D eigenvalue weighted by molar-refractivity contribution is 0.0922. The minimum atomic E-state index is 0.275. The minimum Gasteiger partial charge on any atom is -0.351 e. The second-order valence-electron chi connectivity index (χ2n) is 6.84. The summed E-state index contributed by atoms with van der Waals surface area (Å²) in [5.74, 6) is 0.275. The van der Waals surface area contributed by atoms with Crippen LogP contribution >= 0.6 is 0 Å². The van der Waals surface area contributed by atoms with Crippen LogP contribution in [-0.2, 0) is 7.05 Å². The first-order chi connectivity index (χ1) is 9.97. The molecule has 2 unspecified atom stereocenters. The molecule has 0 aliphatic carbocycles. The largest absolute Gasteiger partial charge is 0.351 e. The van der Waals surface area contributed by atoms with Crippen LogP contribution in [0.3, 0.4) is 0 Å². The molecule has 3 heterocycles. The van der Waals surface area contributed by atoms with E-state index in [1.807, 2.05) is 20.0 Å². The van der Waals surface area contributed by atoms with Crippen molar-refractivity contribution < 1.29 is 4.79 Å². The predicted molar refractivity (Wildman–Crippen MR) is 84.8 cm³/mol. The van der Waals surface area contributed by atoms with Crippen molar-refractivity contribution in [1.82, 2.24) is 14.4 Å². The summed E-state index contributed by atoms with van der Waals surface area (Å²) < 4.78 is 2.10. The zero-order valence-electron chi connectivity index (χ0n) is 13.7. The number of nitrogens with zero attached hydrogens (tertiary/aromatic N) is 3. The molecule has 2 aliphatic rings. The molecule has 4 heteroatoms. The van der Waals surface area contributed by atoms with E-state index < -0.39 is 0 Å². The standard InChI is InChI=1S/C17H27N3O/c1-12-9-16(13(2)18(12)3)17(21)11-20-8-7-14-5-6-15(10-20)19(14)4/h9,14-15H,5-8,10-11H2,1-4H3. The lowest BCUT2D eigenvalue weighted by atomic mass is 10.1. The fraction of sp³-hybridized carbons (Fsp3) is 0.706. The van der Waals surface area contributed by atoms with E-state index in [1.165, 1.54) is 19.3 Å². The van der Waals surface area contributed by atoms with Crippen LogP contribution in [0.25, 0.3) is 0 Å². The van der Waals surface area contributed by atoms with Crippen molar-refractivity contribution >= 4 is 5.78 Å². The molecule has 2 saturated heterocycles. The van der Waals surface area contributed by atoms with Gasteiger partial charge in [0.05, 0.1) is 6.54 Å². The van der Waals surface area contributed by atoms with Crippen molar-refractivity contribution in [2.75, 3.05) is 26.7 Å². The number of hydrogen-bond acceptors (Lipinski definition) is 3. The van der Waals surface area contributed by atoms with E-state index >= 15 is 0 Å². The number of carbonyl (C=O) groups is 1. The number of carbonyl (C=O) groups excluding carboxylic acids is 1. The Morgan fingerprint density at radius 2 is 1.90 bits per heavy atom. The quantitative estimate of drug-likeness (QED) is 0.797. The molecule has 21 heavy (non-hydrogen) atoms. The molecule has 2 bridgehead atoms. The van der Waals surface area contributed by atoms with Crippen molar-refractivity contribution in [3.8, 4) is 0 Å². The number of aryl methyl sites for hydroxylation is 1. The van der Waals surface area contributed by atoms with Gasteiger partial charge >= 0.3 is 0 Å². The smallest absolute Gasteiger partial charge is 0.178 e. The molecule has 0 aromatic carbocycles. The monoisotopic (exact) mass is 289 g/mol. The van der Waals surface area contributed by atoms with E-state index in [9.17, 15) is 4.79 Å². The maximum Gasteiger partial charge on any atom is 0.178 e. The SMILES string of the molecule is Cc1cc(C(=O)CN2CCC3CCC(C2)N3C)c(C)n1C. The Kier molecular flexibility index (Phi) is 3.93. The molecule has 0 amide bonds. The highest BCUT2D eigenvalue weighted by molar-refractivity contribution is 5.99. The van der Waals surface area contributed by atoms with Gasteiger partial charge in [-0.2, -0.15) is 0 Å². The Morgan fingerprint density at radius 1 is 1.19 bits per heavy atom. The van der Waals surface area contributed by atoms with Crippen molar-refractivity contribution in [2.45, 2.75) is 45.2 Å². The molecule has 0 saturated carbocycles. The fourth-order valence-electron chi connectivity index (χ4n) is 3.95. The van der Waals surface area contributed by atoms with Crippen molar-refractivity contribution in [3.63, 3.8) is 0 Å². The van der Waals surface area contributed by atoms with Gasteiger partial charge in [0.2, 0.25) is 0 Å². The third kappa shape index (κ3) is 2.67. The fourth-order valence-corrected chi connectivity index (χ4v) is 3.95. The Labute approximate surface area is 127 Å². The van der Waals surface area contributed by atoms with Gasteiger partial charge in [-0.1, -0.05) is 0 Å². The molecule has 0 radical (unpaired) electrons. The number of ketones is 1. The molecule has 1 aromatic heterocycles. The van der Waals surface area contributed by atoms with Gasteiger partial charge in [-0.15, -0.1) is 0 Å². The second-order valence-corrected chi connectivity index (χ2v) is 6.84. The molecule has 0 spiro atoms. The lowest BCUT2D eigenvalue weighted by Crippen LogP contribution is -2.38. The van der Waals surface area contributed by atoms with Gasteiger partial charge in [0, 0.05) is 49.2 Å². The van der Waals surface area contributed by atoms with Gasteiger partial charge in [0.15, 0.2) is 5.78 Å². The van der Waals surface area contributed by atoms with Gasteiger partial charge in [-0.25, -0.2) is 0 Å². The normalized spacial score (nSPS) is 27.0. The third-order valence-corrected chi connectivity index (χ3v) is 5.68. The summed E-state index contributed by atoms with van der Waals surface area (Å²) >= 11 is 0. The van der Waals surface area contributed by atoms with Crippen LogP contribution in [0.5, 0.6) is 0 Å². The van der Waals surface area contributed by atoms with E-state index in [2.05, 4.69) is 28.3 Å². The van der Waals surface area contributed by atoms with E-state index in [0.29, 0.717) is 12.6 Å². The van der Waals surface area contributed by atoms with Gasteiger partial charge in [-0.3, -0.25) is 14.6 Å². The van der Waals surface area contributed by atoms with Crippen LogP contribution < -0.4 is 0 Å². The van der Waals surface area contributed by atoms with Gasteiger partial charge < -0.3 is 4.57 Å². The second kappa shape index (κ2) is 5.58. The van der Waals surface area contributed by atoms with Gasteiger partial charge in [0.1, 0.15) is 0 Å². The molecular weight excluding hydrogens is 262 g/mol. The van der Waals surface area contributed by atoms with E-state index in [4.69, 9.17) is 0 Å². The van der Waals surface area contributed by atoms with Crippen molar-refractivity contribution in [1.29, 1.82) is 0 Å². The Balaban J connectivity index is 1.69. The van der Waals surface area contributed by atoms with Crippen LogP contribution in [0.2, 0.25) is 0 Å². The number of Topliss-reactive ketones (excluding diaryl/α,β-unsaturated/α-hetero) is 1. The van der Waals surface area contributed by atoms with Crippen LogP contribution in [-0.4, -0.2) is 58.9 Å². The van der Waals surface area contributed by atoms with Crippen LogP contribution in [0.15, 0.2) is 6.07 Å². The van der Waals surface area contributed by atoms with E-state index in [1.54, 1.807) is 0 Å².